The molecule has 1 aromatic carbocycles. The van der Waals surface area contributed by atoms with Crippen LogP contribution in [0.1, 0.15) is 19.8 Å². The zero-order chi connectivity index (χ0) is 12.1. The lowest BCUT2D eigenvalue weighted by Gasteiger charge is -2.11. The molecule has 1 unspecified atom stereocenters. The quantitative estimate of drug-likeness (QED) is 0.629. The molecule has 0 spiro atoms. The zero-order valence-electron chi connectivity index (χ0n) is 8.94. The van der Waals surface area contributed by atoms with E-state index >= 15 is 0 Å². The number of carbonyl (C=O) groups is 1. The van der Waals surface area contributed by atoms with Gasteiger partial charge in [0.15, 0.2) is 0 Å². The number of nitrogen functional groups attached to an aromatic ring is 1. The predicted molar refractivity (Wildman–Crippen MR) is 68.1 cm³/mol. The lowest BCUT2D eigenvalue weighted by molar-refractivity contribution is -0.137. The minimum absolute atomic E-state index is 0.175. The number of rotatable bonds is 5. The third kappa shape index (κ3) is 4.33. The van der Waals surface area contributed by atoms with Crippen LogP contribution in [0.25, 0.3) is 0 Å². The third-order valence-corrected chi connectivity index (χ3v) is 3.55. The largest absolute Gasteiger partial charge is 0.481 e. The van der Waals surface area contributed by atoms with Crippen LogP contribution in [0, 0.1) is 0 Å². The molecule has 1 aromatic rings. The van der Waals surface area contributed by atoms with E-state index in [4.69, 9.17) is 22.4 Å². The van der Waals surface area contributed by atoms with Crippen LogP contribution in [-0.4, -0.2) is 16.3 Å². The normalized spacial score (nSPS) is 12.4. The third-order valence-electron chi connectivity index (χ3n) is 2.07. The van der Waals surface area contributed by atoms with E-state index < -0.39 is 5.97 Å². The summed E-state index contributed by atoms with van der Waals surface area (Å²) in [6.07, 6.45) is 0.792. The van der Waals surface area contributed by atoms with Gasteiger partial charge in [0.05, 0.1) is 0 Å². The highest BCUT2D eigenvalue weighted by Crippen LogP contribution is 2.32. The minimum atomic E-state index is -0.772. The van der Waals surface area contributed by atoms with Crippen LogP contribution in [-0.2, 0) is 4.79 Å². The zero-order valence-corrected chi connectivity index (χ0v) is 10.5. The van der Waals surface area contributed by atoms with Crippen molar-refractivity contribution >= 4 is 35.0 Å². The Balaban J connectivity index is 2.58. The first-order chi connectivity index (χ1) is 7.49. The van der Waals surface area contributed by atoms with Gasteiger partial charge in [-0.25, -0.2) is 0 Å². The number of aliphatic carboxylic acids is 1. The van der Waals surface area contributed by atoms with Crippen molar-refractivity contribution in [2.24, 2.45) is 0 Å². The Labute approximate surface area is 104 Å². The van der Waals surface area contributed by atoms with Gasteiger partial charge >= 0.3 is 5.97 Å². The highest BCUT2D eigenvalue weighted by Gasteiger charge is 2.09. The number of carboxylic acid groups (broad SMARTS) is 1. The lowest BCUT2D eigenvalue weighted by Crippen LogP contribution is -2.02. The molecular weight excluding hydrogens is 246 g/mol. The Kier molecular flexibility index (Phi) is 4.96. The van der Waals surface area contributed by atoms with Gasteiger partial charge in [0.2, 0.25) is 0 Å². The van der Waals surface area contributed by atoms with Gasteiger partial charge < -0.3 is 10.8 Å². The number of anilines is 1. The second-order valence-corrected chi connectivity index (χ2v) is 5.46. The van der Waals surface area contributed by atoms with Gasteiger partial charge in [-0.3, -0.25) is 4.79 Å². The molecule has 0 saturated heterocycles. The number of benzene rings is 1. The molecule has 0 aliphatic carbocycles. The molecule has 3 N–H and O–H groups in total. The Morgan fingerprint density at radius 3 is 2.94 bits per heavy atom. The van der Waals surface area contributed by atoms with Crippen LogP contribution in [0.5, 0.6) is 0 Å². The average Bonchev–Trinajstić information content (AvgIpc) is 2.20. The Bertz CT molecular complexity index is 384. The molecule has 0 aliphatic rings. The molecule has 0 aliphatic heterocycles. The fourth-order valence-electron chi connectivity index (χ4n) is 1.21. The van der Waals surface area contributed by atoms with E-state index in [0.29, 0.717) is 17.1 Å². The van der Waals surface area contributed by atoms with E-state index in [1.165, 1.54) is 0 Å². The first kappa shape index (κ1) is 13.2. The molecule has 16 heavy (non-hydrogen) atoms. The Morgan fingerprint density at radius 2 is 2.31 bits per heavy atom. The van der Waals surface area contributed by atoms with E-state index in [-0.39, 0.29) is 11.7 Å². The summed E-state index contributed by atoms with van der Waals surface area (Å²) in [5, 5.41) is 9.42. The fraction of sp³-hybridized carbons (Fsp3) is 0.364. The van der Waals surface area contributed by atoms with Crippen molar-refractivity contribution in [3.05, 3.63) is 23.2 Å². The summed E-state index contributed by atoms with van der Waals surface area (Å²) < 4.78 is 0. The maximum Gasteiger partial charge on any atom is 0.303 e. The fourth-order valence-corrected chi connectivity index (χ4v) is 2.52. The van der Waals surface area contributed by atoms with Crippen LogP contribution < -0.4 is 5.73 Å². The summed E-state index contributed by atoms with van der Waals surface area (Å²) in [5.74, 6) is -0.772. The van der Waals surface area contributed by atoms with Crippen LogP contribution in [0.4, 0.5) is 5.69 Å². The van der Waals surface area contributed by atoms with Crippen molar-refractivity contribution in [2.75, 3.05) is 5.73 Å². The van der Waals surface area contributed by atoms with E-state index in [9.17, 15) is 4.79 Å². The van der Waals surface area contributed by atoms with Crippen molar-refractivity contribution in [3.8, 4) is 0 Å². The van der Waals surface area contributed by atoms with Crippen molar-refractivity contribution in [1.82, 2.24) is 0 Å². The van der Waals surface area contributed by atoms with Gasteiger partial charge in [-0.1, -0.05) is 18.5 Å². The first-order valence-corrected chi connectivity index (χ1v) is 6.18. The second kappa shape index (κ2) is 6.01. The van der Waals surface area contributed by atoms with Crippen LogP contribution >= 0.6 is 23.4 Å². The first-order valence-electron chi connectivity index (χ1n) is 4.92. The van der Waals surface area contributed by atoms with Gasteiger partial charge in [-0.05, 0) is 24.6 Å². The minimum Gasteiger partial charge on any atom is -0.481 e. The molecule has 1 atom stereocenters. The molecule has 0 bridgehead atoms. The topological polar surface area (TPSA) is 63.3 Å². The van der Waals surface area contributed by atoms with E-state index in [0.717, 1.165) is 4.90 Å². The number of nitrogens with two attached hydrogens (primary N) is 1. The molecule has 0 heterocycles. The maximum atomic E-state index is 10.4. The number of hydrogen-bond acceptors (Lipinski definition) is 3. The molecule has 0 radical (unpaired) electrons. The van der Waals surface area contributed by atoms with Crippen LogP contribution in [0.15, 0.2) is 23.1 Å². The summed E-state index contributed by atoms with van der Waals surface area (Å²) >= 11 is 7.42. The molecule has 1 rings (SSSR count). The lowest BCUT2D eigenvalue weighted by atomic mass is 10.2. The van der Waals surface area contributed by atoms with Gasteiger partial charge in [0.1, 0.15) is 0 Å². The van der Waals surface area contributed by atoms with Crippen LogP contribution in [0.2, 0.25) is 5.02 Å². The summed E-state index contributed by atoms with van der Waals surface area (Å²) in [7, 11) is 0. The molecule has 0 aromatic heterocycles. The molecule has 5 heteroatoms. The summed E-state index contributed by atoms with van der Waals surface area (Å²) in [6.45, 7) is 1.98. The smallest absolute Gasteiger partial charge is 0.303 e. The number of carboxylic acids is 1. The Morgan fingerprint density at radius 1 is 1.62 bits per heavy atom. The average molecular weight is 260 g/mol. The van der Waals surface area contributed by atoms with E-state index in [1.54, 1.807) is 30.0 Å². The van der Waals surface area contributed by atoms with Crippen molar-refractivity contribution in [1.29, 1.82) is 0 Å². The van der Waals surface area contributed by atoms with E-state index in [1.807, 2.05) is 6.92 Å². The van der Waals surface area contributed by atoms with Gasteiger partial charge in [-0.15, -0.1) is 11.8 Å². The molecular formula is C11H14ClNO2S. The molecule has 0 fully saturated rings. The number of hydrogen-bond donors (Lipinski definition) is 2. The van der Waals surface area contributed by atoms with Crippen molar-refractivity contribution in [2.45, 2.75) is 29.9 Å². The maximum absolute atomic E-state index is 10.4. The molecule has 0 amide bonds. The van der Waals surface area contributed by atoms with Gasteiger partial charge in [0, 0.05) is 27.3 Å². The predicted octanol–water partition coefficient (Wildman–Crippen LogP) is 3.27. The SMILES string of the molecule is CC(CCC(=O)O)Sc1cc(Cl)ccc1N. The van der Waals surface area contributed by atoms with Crippen LogP contribution in [0.3, 0.4) is 0 Å². The molecule has 0 saturated carbocycles. The van der Waals surface area contributed by atoms with Crippen molar-refractivity contribution in [3.63, 3.8) is 0 Å². The highest BCUT2D eigenvalue weighted by atomic mass is 35.5. The monoisotopic (exact) mass is 259 g/mol. The number of halogens is 1. The summed E-state index contributed by atoms with van der Waals surface area (Å²) in [4.78, 5) is 11.3. The second-order valence-electron chi connectivity index (χ2n) is 3.54. The van der Waals surface area contributed by atoms with Crippen molar-refractivity contribution < 1.29 is 9.90 Å². The summed E-state index contributed by atoms with van der Waals surface area (Å²) in [6, 6.07) is 5.30. The molecule has 88 valence electrons. The number of thioether (sulfide) groups is 1. The van der Waals surface area contributed by atoms with Gasteiger partial charge in [0.25, 0.3) is 0 Å². The highest BCUT2D eigenvalue weighted by molar-refractivity contribution is 8.00. The van der Waals surface area contributed by atoms with Gasteiger partial charge in [-0.2, -0.15) is 0 Å². The summed E-state index contributed by atoms with van der Waals surface area (Å²) in [5.41, 5.74) is 6.48. The standard InChI is InChI=1S/C11H14ClNO2S/c1-7(2-5-11(14)15)16-10-6-8(12)3-4-9(10)13/h3-4,6-7H,2,5,13H2,1H3,(H,14,15). The molecule has 3 nitrogen and oxygen atoms in total. The van der Waals surface area contributed by atoms with E-state index in [2.05, 4.69) is 0 Å². The Hall–Kier alpha value is -0.870.